The van der Waals surface area contributed by atoms with Crippen LogP contribution in [0.15, 0.2) is 30.3 Å². The quantitative estimate of drug-likeness (QED) is 0.408. The number of fused-ring (bicyclic) bond motifs is 5. The molecule has 0 spiro atoms. The van der Waals surface area contributed by atoms with E-state index in [-0.39, 0.29) is 11.5 Å². The zero-order valence-electron chi connectivity index (χ0n) is 20.0. The molecule has 5 rings (SSSR count). The summed E-state index contributed by atoms with van der Waals surface area (Å²) in [7, 11) is 0. The highest BCUT2D eigenvalue weighted by molar-refractivity contribution is 7.80. The van der Waals surface area contributed by atoms with Gasteiger partial charge in [0, 0.05) is 12.8 Å². The fourth-order valence-electron chi connectivity index (χ4n) is 7.79. The Kier molecular flexibility index (Phi) is 7.61. The molecule has 0 aliphatic heterocycles. The molecule has 1 N–H and O–H groups in total. The number of thiol groups is 1. The summed E-state index contributed by atoms with van der Waals surface area (Å²) < 4.78 is 5.40. The van der Waals surface area contributed by atoms with Crippen LogP contribution in [0.3, 0.4) is 0 Å². The van der Waals surface area contributed by atoms with Crippen LogP contribution in [-0.2, 0) is 4.79 Å². The number of carbonyl (C=O) groups is 1. The summed E-state index contributed by atoms with van der Waals surface area (Å²) in [5, 5.41) is 10.5. The summed E-state index contributed by atoms with van der Waals surface area (Å²) >= 11 is 4.09. The van der Waals surface area contributed by atoms with Crippen molar-refractivity contribution in [2.24, 2.45) is 34.5 Å². The number of hydrogen-bond acceptors (Lipinski definition) is 4. The molecule has 4 aliphatic carbocycles. The molecule has 32 heavy (non-hydrogen) atoms. The fourth-order valence-corrected chi connectivity index (χ4v) is 7.92. The maximum Gasteiger partial charge on any atom is 0.133 e. The number of Topliss-reactive ketones (excluding diaryl/α,β-unsaturated/α-hetero) is 1. The predicted molar refractivity (Wildman–Crippen MR) is 133 cm³/mol. The number of aliphatic hydroxyl groups excluding tert-OH is 1. The first-order chi connectivity index (χ1) is 15.4. The van der Waals surface area contributed by atoms with Gasteiger partial charge in [0.25, 0.3) is 0 Å². The summed E-state index contributed by atoms with van der Waals surface area (Å²) in [6, 6.07) is 9.83. The number of ether oxygens (including phenoxy) is 1. The zero-order valence-corrected chi connectivity index (χ0v) is 20.9. The van der Waals surface area contributed by atoms with Crippen LogP contribution in [0.25, 0.3) is 0 Å². The third-order valence-corrected chi connectivity index (χ3v) is 10.1. The summed E-state index contributed by atoms with van der Waals surface area (Å²) in [6.07, 6.45) is 11.0. The van der Waals surface area contributed by atoms with Crippen LogP contribution in [0.2, 0.25) is 0 Å². The molecule has 0 heterocycles. The second-order valence-corrected chi connectivity index (χ2v) is 11.7. The highest BCUT2D eigenvalue weighted by Crippen LogP contribution is 2.65. The molecular formula is C28H42O3S. The first-order valence-corrected chi connectivity index (χ1v) is 13.5. The minimum absolute atomic E-state index is 0.0677. The molecule has 4 fully saturated rings. The summed E-state index contributed by atoms with van der Waals surface area (Å²) in [5.74, 6) is 5.34. The van der Waals surface area contributed by atoms with Crippen molar-refractivity contribution in [1.82, 2.24) is 0 Å². The smallest absolute Gasteiger partial charge is 0.133 e. The molecule has 4 heteroatoms. The molecule has 4 saturated carbocycles. The normalized spacial score (nSPS) is 40.4. The van der Waals surface area contributed by atoms with Crippen LogP contribution in [0.1, 0.15) is 78.1 Å². The molecule has 0 radical (unpaired) electrons. The minimum atomic E-state index is -0.0677. The largest absolute Gasteiger partial charge is 0.494 e. The summed E-state index contributed by atoms with van der Waals surface area (Å²) in [6.45, 7) is 5.60. The van der Waals surface area contributed by atoms with Gasteiger partial charge in [-0.2, -0.15) is 12.6 Å². The van der Waals surface area contributed by atoms with E-state index in [2.05, 4.69) is 26.5 Å². The fraction of sp³-hybridized carbons (Fsp3) is 0.750. The molecule has 0 amide bonds. The Morgan fingerprint density at radius 1 is 1.00 bits per heavy atom. The number of benzene rings is 1. The predicted octanol–water partition coefficient (Wildman–Crippen LogP) is 6.34. The molecule has 7 unspecified atom stereocenters. The summed E-state index contributed by atoms with van der Waals surface area (Å²) in [5.41, 5.74) is 0.598. The third kappa shape index (κ3) is 4.64. The van der Waals surface area contributed by atoms with E-state index in [0.717, 1.165) is 68.0 Å². The van der Waals surface area contributed by atoms with Crippen LogP contribution in [0.4, 0.5) is 0 Å². The standard InChI is InChI=1S/C19H30O2.C9H12OS/c1-18-9-7-13(20)11-12(18)3-4-14-15-5-6-17(21)19(15,2)10-8-16(14)18;11-8-4-7-10-9-5-2-1-3-6-9/h12,14-17,21H,3-11H2,1-2H3;1-3,5-6,11H,4,7-8H2. The van der Waals surface area contributed by atoms with Gasteiger partial charge < -0.3 is 9.84 Å². The minimum Gasteiger partial charge on any atom is -0.494 e. The Hall–Kier alpha value is -1.00. The van der Waals surface area contributed by atoms with E-state index < -0.39 is 0 Å². The van der Waals surface area contributed by atoms with Crippen LogP contribution >= 0.6 is 12.6 Å². The second-order valence-electron chi connectivity index (χ2n) is 11.3. The molecule has 0 saturated heterocycles. The van der Waals surface area contributed by atoms with Crippen LogP contribution in [0, 0.1) is 34.5 Å². The average Bonchev–Trinajstić information content (AvgIpc) is 3.10. The van der Waals surface area contributed by atoms with Gasteiger partial charge in [0.05, 0.1) is 12.7 Å². The van der Waals surface area contributed by atoms with Crippen molar-refractivity contribution in [2.75, 3.05) is 12.4 Å². The SMILES string of the molecule is CC12CCC3C(CCC4CC(=O)CCC43C)C1CCC2O.SCCCOc1ccccc1. The molecule has 178 valence electrons. The van der Waals surface area contributed by atoms with Crippen molar-refractivity contribution in [2.45, 2.75) is 84.2 Å². The topological polar surface area (TPSA) is 46.5 Å². The molecule has 1 aromatic carbocycles. The van der Waals surface area contributed by atoms with Gasteiger partial charge in [-0.05, 0) is 104 Å². The number of rotatable bonds is 4. The maximum atomic E-state index is 11.9. The lowest BCUT2D eigenvalue weighted by Gasteiger charge is -2.60. The number of aliphatic hydroxyl groups is 1. The van der Waals surface area contributed by atoms with Gasteiger partial charge in [0.15, 0.2) is 0 Å². The van der Waals surface area contributed by atoms with Gasteiger partial charge in [-0.25, -0.2) is 0 Å². The lowest BCUT2D eigenvalue weighted by molar-refractivity contribution is -0.141. The van der Waals surface area contributed by atoms with Crippen molar-refractivity contribution >= 4 is 18.4 Å². The molecule has 1 aromatic rings. The Morgan fingerprint density at radius 2 is 1.75 bits per heavy atom. The lowest BCUT2D eigenvalue weighted by Crippen LogP contribution is -2.54. The van der Waals surface area contributed by atoms with Crippen LogP contribution in [-0.4, -0.2) is 29.4 Å². The van der Waals surface area contributed by atoms with Gasteiger partial charge in [-0.1, -0.05) is 32.0 Å². The Balaban J connectivity index is 0.000000189. The number of ketones is 1. The highest BCUT2D eigenvalue weighted by atomic mass is 32.1. The van der Waals surface area contributed by atoms with Gasteiger partial charge >= 0.3 is 0 Å². The highest BCUT2D eigenvalue weighted by Gasteiger charge is 2.59. The van der Waals surface area contributed by atoms with Crippen molar-refractivity contribution < 1.29 is 14.6 Å². The first kappa shape index (κ1) is 24.1. The number of carbonyl (C=O) groups excluding carboxylic acids is 1. The van der Waals surface area contributed by atoms with Gasteiger partial charge in [0.1, 0.15) is 11.5 Å². The maximum absolute atomic E-state index is 11.9. The van der Waals surface area contributed by atoms with Gasteiger partial charge in [-0.15, -0.1) is 0 Å². The molecule has 4 aliphatic rings. The number of para-hydroxylation sites is 1. The van der Waals surface area contributed by atoms with Crippen LogP contribution in [0.5, 0.6) is 5.75 Å². The van der Waals surface area contributed by atoms with Crippen molar-refractivity contribution in [3.63, 3.8) is 0 Å². The molecule has 7 atom stereocenters. The monoisotopic (exact) mass is 458 g/mol. The zero-order chi connectivity index (χ0) is 22.8. The van der Waals surface area contributed by atoms with E-state index in [1.807, 2.05) is 30.3 Å². The van der Waals surface area contributed by atoms with Crippen molar-refractivity contribution in [3.05, 3.63) is 30.3 Å². The van der Waals surface area contributed by atoms with Crippen molar-refractivity contribution in [1.29, 1.82) is 0 Å². The lowest BCUT2D eigenvalue weighted by atomic mass is 9.45. The van der Waals surface area contributed by atoms with E-state index in [1.54, 1.807) is 0 Å². The average molecular weight is 459 g/mol. The third-order valence-electron chi connectivity index (χ3n) is 9.75. The molecule has 0 bridgehead atoms. The van der Waals surface area contributed by atoms with E-state index in [9.17, 15) is 9.90 Å². The summed E-state index contributed by atoms with van der Waals surface area (Å²) in [4.78, 5) is 11.9. The van der Waals surface area contributed by atoms with E-state index in [4.69, 9.17) is 4.74 Å². The van der Waals surface area contributed by atoms with Crippen molar-refractivity contribution in [3.8, 4) is 5.75 Å². The second kappa shape index (κ2) is 10.1. The van der Waals surface area contributed by atoms with Gasteiger partial charge in [-0.3, -0.25) is 4.79 Å². The molecule has 0 aromatic heterocycles. The Labute approximate surface area is 200 Å². The van der Waals surface area contributed by atoms with Gasteiger partial charge in [0.2, 0.25) is 0 Å². The first-order valence-electron chi connectivity index (χ1n) is 12.9. The van der Waals surface area contributed by atoms with E-state index in [0.29, 0.717) is 17.1 Å². The van der Waals surface area contributed by atoms with E-state index in [1.165, 1.54) is 32.1 Å². The molecule has 3 nitrogen and oxygen atoms in total. The molecular weight excluding hydrogens is 416 g/mol. The van der Waals surface area contributed by atoms with E-state index >= 15 is 0 Å². The Morgan fingerprint density at radius 3 is 2.50 bits per heavy atom. The Bertz CT molecular complexity index is 767. The number of hydrogen-bond donors (Lipinski definition) is 2. The van der Waals surface area contributed by atoms with Crippen LogP contribution < -0.4 is 4.74 Å².